The largest absolute Gasteiger partial charge is 0.493 e. The van der Waals surface area contributed by atoms with Crippen LogP contribution in [0, 0.1) is 19.7 Å². The molecule has 0 unspecified atom stereocenters. The molecule has 0 aliphatic carbocycles. The van der Waals surface area contributed by atoms with Crippen LogP contribution in [0.15, 0.2) is 77.8 Å². The van der Waals surface area contributed by atoms with Crippen molar-refractivity contribution < 1.29 is 9.13 Å². The fraction of sp³-hybridized carbons (Fsp3) is 0.261. The van der Waals surface area contributed by atoms with Crippen molar-refractivity contribution in [1.82, 2.24) is 10.6 Å². The highest BCUT2D eigenvalue weighted by atomic mass is 19.1. The quantitative estimate of drug-likeness (QED) is 0.305. The van der Waals surface area contributed by atoms with E-state index >= 15 is 0 Å². The summed E-state index contributed by atoms with van der Waals surface area (Å²) in [7, 11) is 3.43. The number of ether oxygens (including phenoxy) is 1. The van der Waals surface area contributed by atoms with E-state index in [-0.39, 0.29) is 5.82 Å². The van der Waals surface area contributed by atoms with Gasteiger partial charge in [-0.15, -0.1) is 0 Å². The molecular weight excluding hydrogens is 353 g/mol. The Balaban J connectivity index is 0.000000467. The summed E-state index contributed by atoms with van der Waals surface area (Å²) in [5.74, 6) is 1.33. The number of aliphatic imine (C=N–C) groups is 1. The number of halogens is 1. The van der Waals surface area contributed by atoms with Gasteiger partial charge in [0.15, 0.2) is 5.76 Å². The van der Waals surface area contributed by atoms with Crippen molar-refractivity contribution in [3.8, 4) is 0 Å². The summed E-state index contributed by atoms with van der Waals surface area (Å²) in [6.45, 7) is 10.2. The molecule has 5 heteroatoms. The molecule has 0 aliphatic heterocycles. The maximum atomic E-state index is 11.9. The first-order valence-corrected chi connectivity index (χ1v) is 9.14. The molecule has 2 aromatic carbocycles. The highest BCUT2D eigenvalue weighted by Crippen LogP contribution is 2.21. The second-order valence-electron chi connectivity index (χ2n) is 6.03. The maximum Gasteiger partial charge on any atom is 0.157 e. The first-order chi connectivity index (χ1) is 13.4. The summed E-state index contributed by atoms with van der Waals surface area (Å²) >= 11 is 0. The molecule has 28 heavy (non-hydrogen) atoms. The lowest BCUT2D eigenvalue weighted by Gasteiger charge is -2.14. The van der Waals surface area contributed by atoms with E-state index in [0.717, 1.165) is 17.9 Å². The Morgan fingerprint density at radius 1 is 1.14 bits per heavy atom. The summed E-state index contributed by atoms with van der Waals surface area (Å²) in [6, 6.07) is 14.1. The van der Waals surface area contributed by atoms with E-state index in [4.69, 9.17) is 9.73 Å². The van der Waals surface area contributed by atoms with Crippen molar-refractivity contribution in [3.05, 3.63) is 89.7 Å². The van der Waals surface area contributed by atoms with Crippen molar-refractivity contribution in [1.29, 1.82) is 0 Å². The van der Waals surface area contributed by atoms with Crippen molar-refractivity contribution >= 4 is 11.5 Å². The van der Waals surface area contributed by atoms with E-state index in [1.54, 1.807) is 31.5 Å². The zero-order chi connectivity index (χ0) is 20.9. The second kappa shape index (κ2) is 12.3. The minimum absolute atomic E-state index is 0.178. The third-order valence-corrected chi connectivity index (χ3v) is 3.99. The first-order valence-electron chi connectivity index (χ1n) is 9.14. The highest BCUT2D eigenvalue weighted by molar-refractivity contribution is 5.86. The van der Waals surface area contributed by atoms with E-state index in [2.05, 4.69) is 44.1 Å². The number of nitrogens with one attached hydrogen (secondary N) is 2. The number of amidine groups is 1. The molecule has 4 nitrogen and oxygen atoms in total. The Bertz CT molecular complexity index is 814. The smallest absolute Gasteiger partial charge is 0.157 e. The normalized spacial score (nSPS) is 11.2. The molecule has 2 N–H and O–H groups in total. The highest BCUT2D eigenvalue weighted by Gasteiger charge is 2.06. The van der Waals surface area contributed by atoms with Gasteiger partial charge in [-0.2, -0.15) is 0 Å². The number of hydrogen-bond acceptors (Lipinski definition) is 3. The number of nitrogens with zero attached hydrogens (tertiary/aromatic N) is 1. The molecule has 0 fully saturated rings. The maximum absolute atomic E-state index is 11.9. The molecule has 0 amide bonds. The molecule has 2 aromatic rings. The Kier molecular flexibility index (Phi) is 10.1. The van der Waals surface area contributed by atoms with Gasteiger partial charge >= 0.3 is 0 Å². The van der Waals surface area contributed by atoms with Crippen molar-refractivity contribution in [2.24, 2.45) is 4.99 Å². The predicted molar refractivity (Wildman–Crippen MR) is 116 cm³/mol. The van der Waals surface area contributed by atoms with Crippen LogP contribution in [0.1, 0.15) is 24.5 Å². The summed E-state index contributed by atoms with van der Waals surface area (Å²) in [6.07, 6.45) is 2.53. The topological polar surface area (TPSA) is 45.7 Å². The third-order valence-electron chi connectivity index (χ3n) is 3.99. The fourth-order valence-corrected chi connectivity index (χ4v) is 2.25. The Morgan fingerprint density at radius 2 is 1.82 bits per heavy atom. The Morgan fingerprint density at radius 3 is 2.32 bits per heavy atom. The number of hydrogen-bond donors (Lipinski definition) is 2. The predicted octanol–water partition coefficient (Wildman–Crippen LogP) is 5.38. The summed E-state index contributed by atoms with van der Waals surface area (Å²) in [5.41, 5.74) is 4.08. The van der Waals surface area contributed by atoms with Crippen molar-refractivity contribution in [2.45, 2.75) is 27.2 Å². The van der Waals surface area contributed by atoms with E-state index < -0.39 is 0 Å². The summed E-state index contributed by atoms with van der Waals surface area (Å²) < 4.78 is 17.2. The van der Waals surface area contributed by atoms with Gasteiger partial charge in [-0.3, -0.25) is 0 Å². The number of aryl methyl sites for hydroxylation is 1. The van der Waals surface area contributed by atoms with Crippen LogP contribution >= 0.6 is 0 Å². The fourth-order valence-electron chi connectivity index (χ4n) is 2.25. The molecular formula is C23H30FN3O. The minimum atomic E-state index is -0.178. The number of rotatable bonds is 6. The molecule has 0 saturated carbocycles. The molecule has 0 saturated heterocycles. The van der Waals surface area contributed by atoms with Gasteiger partial charge in [0.2, 0.25) is 0 Å². The lowest BCUT2D eigenvalue weighted by Crippen LogP contribution is -2.23. The SMILES string of the molecule is C=C(NC(CC)=Nc1cccc(C)c1C)/C(=C\NC)OC.Fc1ccccc1. The molecule has 0 spiro atoms. The van der Waals surface area contributed by atoms with E-state index in [1.807, 2.05) is 19.2 Å². The van der Waals surface area contributed by atoms with Gasteiger partial charge in [0.1, 0.15) is 11.7 Å². The van der Waals surface area contributed by atoms with Gasteiger partial charge in [0.25, 0.3) is 0 Å². The molecule has 0 aromatic heterocycles. The lowest BCUT2D eigenvalue weighted by molar-refractivity contribution is 0.296. The first kappa shape index (κ1) is 23.0. The zero-order valence-electron chi connectivity index (χ0n) is 17.3. The number of benzene rings is 2. The average molecular weight is 384 g/mol. The van der Waals surface area contributed by atoms with Gasteiger partial charge < -0.3 is 15.4 Å². The molecule has 0 atom stereocenters. The molecule has 2 rings (SSSR count). The summed E-state index contributed by atoms with van der Waals surface area (Å²) in [5, 5.41) is 6.15. The van der Waals surface area contributed by atoms with Gasteiger partial charge in [0, 0.05) is 19.7 Å². The van der Waals surface area contributed by atoms with E-state index in [1.165, 1.54) is 23.3 Å². The summed E-state index contributed by atoms with van der Waals surface area (Å²) in [4.78, 5) is 4.70. The molecule has 0 heterocycles. The average Bonchev–Trinajstić information content (AvgIpc) is 2.69. The van der Waals surface area contributed by atoms with Crippen LogP contribution in [0.5, 0.6) is 0 Å². The van der Waals surface area contributed by atoms with E-state index in [0.29, 0.717) is 11.5 Å². The Hall–Kier alpha value is -3.08. The molecule has 0 radical (unpaired) electrons. The Labute approximate surface area is 167 Å². The third kappa shape index (κ3) is 7.66. The van der Waals surface area contributed by atoms with Crippen molar-refractivity contribution in [2.75, 3.05) is 14.2 Å². The van der Waals surface area contributed by atoms with Crippen LogP contribution in [0.25, 0.3) is 0 Å². The van der Waals surface area contributed by atoms with Crippen LogP contribution in [0.4, 0.5) is 10.1 Å². The lowest BCUT2D eigenvalue weighted by atomic mass is 10.1. The van der Waals surface area contributed by atoms with Crippen LogP contribution in [0.2, 0.25) is 0 Å². The zero-order valence-corrected chi connectivity index (χ0v) is 17.3. The standard InChI is InChI=1S/C17H25N3O.C6H5F/c1-7-17(19-14(4)16(21-6)11-18-5)20-15-10-8-9-12(2)13(15)3;7-6-4-2-1-3-5-6/h8-11,18H,4,7H2,1-3,5-6H3,(H,19,20);1-5H/b16-11+;. The minimum Gasteiger partial charge on any atom is -0.493 e. The second-order valence-corrected chi connectivity index (χ2v) is 6.03. The van der Waals surface area contributed by atoms with Gasteiger partial charge in [-0.05, 0) is 43.2 Å². The molecule has 150 valence electrons. The van der Waals surface area contributed by atoms with Crippen LogP contribution < -0.4 is 10.6 Å². The monoisotopic (exact) mass is 383 g/mol. The molecule has 0 aliphatic rings. The van der Waals surface area contributed by atoms with Crippen molar-refractivity contribution in [3.63, 3.8) is 0 Å². The van der Waals surface area contributed by atoms with E-state index in [9.17, 15) is 4.39 Å². The van der Waals surface area contributed by atoms with Gasteiger partial charge in [0.05, 0.1) is 18.5 Å². The van der Waals surface area contributed by atoms with Gasteiger partial charge in [-0.25, -0.2) is 9.38 Å². The van der Waals surface area contributed by atoms with Gasteiger partial charge in [-0.1, -0.05) is 43.8 Å². The molecule has 0 bridgehead atoms. The van der Waals surface area contributed by atoms with Crippen LogP contribution in [-0.4, -0.2) is 20.0 Å². The van der Waals surface area contributed by atoms with Crippen LogP contribution in [-0.2, 0) is 4.74 Å². The van der Waals surface area contributed by atoms with Crippen LogP contribution in [0.3, 0.4) is 0 Å². The number of methoxy groups -OCH3 is 1.